The molecule has 0 aliphatic heterocycles. The van der Waals surface area contributed by atoms with Crippen molar-refractivity contribution in [3.05, 3.63) is 41.8 Å². The van der Waals surface area contributed by atoms with Crippen LogP contribution in [0.2, 0.25) is 0 Å². The van der Waals surface area contributed by atoms with Gasteiger partial charge in [0.25, 0.3) is 0 Å². The second kappa shape index (κ2) is 4.31. The van der Waals surface area contributed by atoms with Gasteiger partial charge in [0.1, 0.15) is 0 Å². The van der Waals surface area contributed by atoms with Crippen LogP contribution in [0.3, 0.4) is 0 Å². The third kappa shape index (κ3) is 1.75. The van der Waals surface area contributed by atoms with Gasteiger partial charge >= 0.3 is 0 Å². The molecule has 0 unspecified atom stereocenters. The minimum atomic E-state index is 0.124. The van der Waals surface area contributed by atoms with Crippen LogP contribution in [0.1, 0.15) is 0 Å². The predicted octanol–water partition coefficient (Wildman–Crippen LogP) is 2.76. The lowest BCUT2D eigenvalue weighted by Gasteiger charge is -2.05. The lowest BCUT2D eigenvalue weighted by atomic mass is 10.3. The van der Waals surface area contributed by atoms with E-state index in [-0.39, 0.29) is 6.61 Å². The molecular formula is C13H12N2OS. The Labute approximate surface area is 103 Å². The molecule has 4 heteroatoms. The molecule has 86 valence electrons. The van der Waals surface area contributed by atoms with Crippen molar-refractivity contribution in [3.63, 3.8) is 0 Å². The Balaban J connectivity index is 2.26. The molecular weight excluding hydrogens is 232 g/mol. The molecule has 3 rings (SSSR count). The van der Waals surface area contributed by atoms with Crippen LogP contribution in [0.5, 0.6) is 0 Å². The molecule has 1 aromatic carbocycles. The normalized spacial score (nSPS) is 11.1. The molecule has 17 heavy (non-hydrogen) atoms. The quantitative estimate of drug-likeness (QED) is 0.769. The maximum absolute atomic E-state index is 9.17. The van der Waals surface area contributed by atoms with Crippen molar-refractivity contribution in [2.24, 2.45) is 0 Å². The van der Waals surface area contributed by atoms with Crippen molar-refractivity contribution >= 4 is 22.4 Å². The molecule has 2 heterocycles. The molecule has 0 spiro atoms. The molecule has 0 radical (unpaired) electrons. The highest BCUT2D eigenvalue weighted by Gasteiger charge is 2.12. The molecule has 0 saturated heterocycles. The SMILES string of the molecule is OCCn1c(-c2cccs2)nc2ccccc21. The summed E-state index contributed by atoms with van der Waals surface area (Å²) in [5, 5.41) is 11.2. The number of hydrogen-bond acceptors (Lipinski definition) is 3. The van der Waals surface area contributed by atoms with Crippen molar-refractivity contribution in [3.8, 4) is 10.7 Å². The van der Waals surface area contributed by atoms with E-state index in [1.807, 2.05) is 35.7 Å². The predicted molar refractivity (Wildman–Crippen MR) is 70.1 cm³/mol. The zero-order chi connectivity index (χ0) is 11.7. The summed E-state index contributed by atoms with van der Waals surface area (Å²) >= 11 is 1.67. The number of fused-ring (bicyclic) bond motifs is 1. The summed E-state index contributed by atoms with van der Waals surface area (Å²) < 4.78 is 2.07. The molecule has 2 aromatic heterocycles. The van der Waals surface area contributed by atoms with Gasteiger partial charge in [-0.2, -0.15) is 0 Å². The average Bonchev–Trinajstić information content (AvgIpc) is 2.97. The van der Waals surface area contributed by atoms with Gasteiger partial charge in [-0.25, -0.2) is 4.98 Å². The summed E-state index contributed by atoms with van der Waals surface area (Å²) in [4.78, 5) is 5.77. The number of para-hydroxylation sites is 2. The Bertz CT molecular complexity index is 628. The van der Waals surface area contributed by atoms with Crippen molar-refractivity contribution in [1.29, 1.82) is 0 Å². The van der Waals surface area contributed by atoms with Gasteiger partial charge in [0.15, 0.2) is 5.82 Å². The van der Waals surface area contributed by atoms with Crippen molar-refractivity contribution in [2.75, 3.05) is 6.61 Å². The standard InChI is InChI=1S/C13H12N2OS/c16-8-7-15-11-5-2-1-4-10(11)14-13(15)12-6-3-9-17-12/h1-6,9,16H,7-8H2. The lowest BCUT2D eigenvalue weighted by Crippen LogP contribution is -2.03. The fraction of sp³-hybridized carbons (Fsp3) is 0.154. The minimum absolute atomic E-state index is 0.124. The van der Waals surface area contributed by atoms with Crippen molar-refractivity contribution < 1.29 is 5.11 Å². The largest absolute Gasteiger partial charge is 0.395 e. The van der Waals surface area contributed by atoms with Gasteiger partial charge in [0.05, 0.1) is 22.5 Å². The Morgan fingerprint density at radius 2 is 2.06 bits per heavy atom. The van der Waals surface area contributed by atoms with Gasteiger partial charge in [0, 0.05) is 6.54 Å². The monoisotopic (exact) mass is 244 g/mol. The molecule has 0 bridgehead atoms. The number of aromatic nitrogens is 2. The van der Waals surface area contributed by atoms with E-state index in [1.54, 1.807) is 11.3 Å². The number of aliphatic hydroxyl groups is 1. The summed E-state index contributed by atoms with van der Waals surface area (Å²) in [6.07, 6.45) is 0. The Morgan fingerprint density at radius 3 is 2.82 bits per heavy atom. The number of imidazole rings is 1. The third-order valence-electron chi connectivity index (χ3n) is 2.72. The number of benzene rings is 1. The molecule has 0 amide bonds. The smallest absolute Gasteiger partial charge is 0.151 e. The second-order valence-electron chi connectivity index (χ2n) is 3.78. The Morgan fingerprint density at radius 1 is 1.18 bits per heavy atom. The molecule has 0 saturated carbocycles. The second-order valence-corrected chi connectivity index (χ2v) is 4.72. The Hall–Kier alpha value is -1.65. The van der Waals surface area contributed by atoms with E-state index in [0.717, 1.165) is 21.7 Å². The van der Waals surface area contributed by atoms with Gasteiger partial charge < -0.3 is 9.67 Å². The number of thiophene rings is 1. The van der Waals surface area contributed by atoms with Gasteiger partial charge in [-0.1, -0.05) is 18.2 Å². The molecule has 0 aliphatic carbocycles. The van der Waals surface area contributed by atoms with E-state index in [4.69, 9.17) is 0 Å². The van der Waals surface area contributed by atoms with E-state index >= 15 is 0 Å². The third-order valence-corrected chi connectivity index (χ3v) is 3.59. The van der Waals surface area contributed by atoms with E-state index < -0.39 is 0 Å². The summed E-state index contributed by atoms with van der Waals surface area (Å²) in [5.41, 5.74) is 2.05. The maximum Gasteiger partial charge on any atom is 0.151 e. The van der Waals surface area contributed by atoms with Crippen LogP contribution in [-0.4, -0.2) is 21.3 Å². The van der Waals surface area contributed by atoms with E-state index in [2.05, 4.69) is 15.6 Å². The van der Waals surface area contributed by atoms with Crippen molar-refractivity contribution in [1.82, 2.24) is 9.55 Å². The maximum atomic E-state index is 9.17. The fourth-order valence-electron chi connectivity index (χ4n) is 2.00. The first-order valence-corrected chi connectivity index (χ1v) is 6.38. The van der Waals surface area contributed by atoms with E-state index in [0.29, 0.717) is 6.54 Å². The van der Waals surface area contributed by atoms with Crippen molar-refractivity contribution in [2.45, 2.75) is 6.54 Å². The highest BCUT2D eigenvalue weighted by atomic mass is 32.1. The highest BCUT2D eigenvalue weighted by Crippen LogP contribution is 2.27. The van der Waals surface area contributed by atoms with Gasteiger partial charge in [0.2, 0.25) is 0 Å². The van der Waals surface area contributed by atoms with Crippen LogP contribution >= 0.6 is 11.3 Å². The minimum Gasteiger partial charge on any atom is -0.395 e. The van der Waals surface area contributed by atoms with Gasteiger partial charge in [-0.3, -0.25) is 0 Å². The summed E-state index contributed by atoms with van der Waals surface area (Å²) in [5.74, 6) is 0.940. The van der Waals surface area contributed by atoms with Crippen LogP contribution in [0, 0.1) is 0 Å². The first kappa shape index (κ1) is 10.5. The number of aliphatic hydroxyl groups excluding tert-OH is 1. The lowest BCUT2D eigenvalue weighted by molar-refractivity contribution is 0.278. The summed E-state index contributed by atoms with van der Waals surface area (Å²) in [7, 11) is 0. The van der Waals surface area contributed by atoms with Gasteiger partial charge in [-0.15, -0.1) is 11.3 Å². The molecule has 0 atom stereocenters. The molecule has 3 aromatic rings. The highest BCUT2D eigenvalue weighted by molar-refractivity contribution is 7.13. The number of nitrogens with zero attached hydrogens (tertiary/aromatic N) is 2. The van der Waals surface area contributed by atoms with E-state index in [9.17, 15) is 5.11 Å². The topological polar surface area (TPSA) is 38.0 Å². The van der Waals surface area contributed by atoms with Crippen LogP contribution in [0.15, 0.2) is 41.8 Å². The van der Waals surface area contributed by atoms with Crippen LogP contribution < -0.4 is 0 Å². The fourth-order valence-corrected chi connectivity index (χ4v) is 2.72. The molecule has 0 aliphatic rings. The van der Waals surface area contributed by atoms with Crippen LogP contribution in [0.25, 0.3) is 21.7 Å². The molecule has 1 N–H and O–H groups in total. The molecule has 3 nitrogen and oxygen atoms in total. The molecule has 0 fully saturated rings. The average molecular weight is 244 g/mol. The van der Waals surface area contributed by atoms with E-state index in [1.165, 1.54) is 0 Å². The number of rotatable bonds is 3. The Kier molecular flexibility index (Phi) is 2.66. The number of hydrogen-bond donors (Lipinski definition) is 1. The van der Waals surface area contributed by atoms with Crippen LogP contribution in [-0.2, 0) is 6.54 Å². The van der Waals surface area contributed by atoms with Gasteiger partial charge in [-0.05, 0) is 23.6 Å². The summed E-state index contributed by atoms with van der Waals surface area (Å²) in [6.45, 7) is 0.701. The summed E-state index contributed by atoms with van der Waals surface area (Å²) in [6, 6.07) is 12.1. The van der Waals surface area contributed by atoms with Crippen LogP contribution in [0.4, 0.5) is 0 Å². The zero-order valence-electron chi connectivity index (χ0n) is 9.21. The zero-order valence-corrected chi connectivity index (χ0v) is 10.0. The first-order valence-electron chi connectivity index (χ1n) is 5.50. The first-order chi connectivity index (χ1) is 8.40.